The van der Waals surface area contributed by atoms with Crippen molar-refractivity contribution in [3.05, 3.63) is 46.7 Å². The Morgan fingerprint density at radius 2 is 2.29 bits per heavy atom. The van der Waals surface area contributed by atoms with Gasteiger partial charge in [0.1, 0.15) is 0 Å². The van der Waals surface area contributed by atoms with Crippen LogP contribution in [0.3, 0.4) is 0 Å². The van der Waals surface area contributed by atoms with Crippen LogP contribution in [0.1, 0.15) is 34.8 Å². The van der Waals surface area contributed by atoms with Crippen molar-refractivity contribution >= 4 is 17.1 Å². The summed E-state index contributed by atoms with van der Waals surface area (Å²) in [6, 6.07) is 7.61. The molecule has 0 unspecified atom stereocenters. The Morgan fingerprint density at radius 1 is 1.33 bits per heavy atom. The number of hydrogen-bond donors (Lipinski definition) is 0. The van der Waals surface area contributed by atoms with Crippen molar-refractivity contribution in [3.8, 4) is 11.7 Å². The minimum atomic E-state index is 0.212. The first-order chi connectivity index (χ1) is 11.8. The topological polar surface area (TPSA) is 72.4 Å². The molecule has 3 aromatic heterocycles. The van der Waals surface area contributed by atoms with E-state index in [4.69, 9.17) is 8.83 Å². The van der Waals surface area contributed by atoms with Gasteiger partial charge in [0.2, 0.25) is 5.89 Å². The number of likely N-dealkylation sites (tertiary alicyclic amines) is 1. The molecule has 1 atom stereocenters. The van der Waals surface area contributed by atoms with E-state index in [0.717, 1.165) is 24.3 Å². The smallest absolute Gasteiger partial charge is 0.283 e. The molecule has 0 bridgehead atoms. The Hall–Kier alpha value is -2.25. The fraction of sp³-hybridized carbons (Fsp3) is 0.353. The number of carbonyl (C=O) groups is 1. The second-order valence-corrected chi connectivity index (χ2v) is 6.80. The first-order valence-corrected chi connectivity index (χ1v) is 8.84. The number of rotatable bonds is 6. The second kappa shape index (κ2) is 6.70. The SMILES string of the molecule is O=C(C[C@H]1CCCN1Cc1nnc(-c2ccco2)o1)c1cccs1. The summed E-state index contributed by atoms with van der Waals surface area (Å²) in [4.78, 5) is 15.4. The van der Waals surface area contributed by atoms with E-state index in [-0.39, 0.29) is 11.8 Å². The summed E-state index contributed by atoms with van der Waals surface area (Å²) >= 11 is 1.50. The van der Waals surface area contributed by atoms with Crippen LogP contribution < -0.4 is 0 Å². The monoisotopic (exact) mass is 343 g/mol. The highest BCUT2D eigenvalue weighted by molar-refractivity contribution is 7.12. The third-order valence-electron chi connectivity index (χ3n) is 4.25. The lowest BCUT2D eigenvalue weighted by Crippen LogP contribution is -2.31. The van der Waals surface area contributed by atoms with Crippen LogP contribution in [-0.2, 0) is 6.54 Å². The Kier molecular flexibility index (Phi) is 4.27. The molecule has 1 fully saturated rings. The highest BCUT2D eigenvalue weighted by Gasteiger charge is 2.28. The van der Waals surface area contributed by atoms with E-state index in [0.29, 0.717) is 30.5 Å². The summed E-state index contributed by atoms with van der Waals surface area (Å²) in [6.45, 7) is 1.51. The van der Waals surface area contributed by atoms with E-state index in [1.54, 1.807) is 18.4 Å². The van der Waals surface area contributed by atoms with Crippen LogP contribution in [0.2, 0.25) is 0 Å². The van der Waals surface area contributed by atoms with E-state index < -0.39 is 0 Å². The van der Waals surface area contributed by atoms with Crippen LogP contribution in [0.15, 0.2) is 44.7 Å². The molecule has 0 aromatic carbocycles. The Morgan fingerprint density at radius 3 is 3.08 bits per heavy atom. The fourth-order valence-corrected chi connectivity index (χ4v) is 3.75. The van der Waals surface area contributed by atoms with Crippen LogP contribution >= 0.6 is 11.3 Å². The van der Waals surface area contributed by atoms with E-state index in [2.05, 4.69) is 15.1 Å². The normalized spacial score (nSPS) is 18.2. The van der Waals surface area contributed by atoms with Crippen LogP contribution in [-0.4, -0.2) is 33.5 Å². The molecule has 4 rings (SSSR count). The first-order valence-electron chi connectivity index (χ1n) is 7.96. The van der Waals surface area contributed by atoms with E-state index in [1.807, 2.05) is 17.5 Å². The van der Waals surface area contributed by atoms with Crippen molar-refractivity contribution in [1.82, 2.24) is 15.1 Å². The average molecular weight is 343 g/mol. The molecular weight excluding hydrogens is 326 g/mol. The molecule has 3 aromatic rings. The summed E-state index contributed by atoms with van der Waals surface area (Å²) in [5.74, 6) is 1.72. The number of furan rings is 1. The van der Waals surface area contributed by atoms with Crippen molar-refractivity contribution in [1.29, 1.82) is 0 Å². The summed E-state index contributed by atoms with van der Waals surface area (Å²) in [5.41, 5.74) is 0. The zero-order valence-electron chi connectivity index (χ0n) is 13.1. The van der Waals surface area contributed by atoms with Gasteiger partial charge >= 0.3 is 0 Å². The molecule has 0 spiro atoms. The highest BCUT2D eigenvalue weighted by Crippen LogP contribution is 2.26. The summed E-state index contributed by atoms with van der Waals surface area (Å²) in [6.07, 6.45) is 4.23. The van der Waals surface area contributed by atoms with Gasteiger partial charge < -0.3 is 8.83 Å². The quantitative estimate of drug-likeness (QED) is 0.636. The number of nitrogens with zero attached hydrogens (tertiary/aromatic N) is 3. The van der Waals surface area contributed by atoms with Gasteiger partial charge in [-0.3, -0.25) is 9.69 Å². The molecule has 1 saturated heterocycles. The minimum Gasteiger partial charge on any atom is -0.459 e. The molecule has 0 amide bonds. The largest absolute Gasteiger partial charge is 0.459 e. The summed E-state index contributed by atoms with van der Waals surface area (Å²) in [7, 11) is 0. The molecule has 1 aliphatic rings. The van der Waals surface area contributed by atoms with Crippen molar-refractivity contribution in [2.45, 2.75) is 31.8 Å². The molecule has 0 N–H and O–H groups in total. The number of aromatic nitrogens is 2. The number of Topliss-reactive ketones (excluding diaryl/α,β-unsaturated/α-hetero) is 1. The summed E-state index contributed by atoms with van der Waals surface area (Å²) < 4.78 is 10.9. The van der Waals surface area contributed by atoms with Gasteiger partial charge in [0.05, 0.1) is 17.7 Å². The van der Waals surface area contributed by atoms with Gasteiger partial charge in [-0.05, 0) is 43.0 Å². The molecule has 124 valence electrons. The third-order valence-corrected chi connectivity index (χ3v) is 5.16. The van der Waals surface area contributed by atoms with Gasteiger partial charge in [-0.15, -0.1) is 21.5 Å². The summed E-state index contributed by atoms with van der Waals surface area (Å²) in [5, 5.41) is 10.1. The number of carbonyl (C=O) groups excluding carboxylic acids is 1. The zero-order chi connectivity index (χ0) is 16.4. The molecule has 1 aliphatic heterocycles. The van der Waals surface area contributed by atoms with Crippen LogP contribution in [0.5, 0.6) is 0 Å². The number of ketones is 1. The maximum atomic E-state index is 12.3. The Balaban J connectivity index is 1.41. The minimum absolute atomic E-state index is 0.212. The zero-order valence-corrected chi connectivity index (χ0v) is 13.9. The van der Waals surface area contributed by atoms with Crippen molar-refractivity contribution in [2.75, 3.05) is 6.54 Å². The second-order valence-electron chi connectivity index (χ2n) is 5.85. The molecule has 0 radical (unpaired) electrons. The van der Waals surface area contributed by atoms with E-state index >= 15 is 0 Å². The van der Waals surface area contributed by atoms with Gasteiger partial charge in [0.15, 0.2) is 11.5 Å². The van der Waals surface area contributed by atoms with Gasteiger partial charge in [-0.1, -0.05) is 6.07 Å². The Labute approximate surface area is 143 Å². The average Bonchev–Trinajstić information content (AvgIpc) is 3.37. The standard InChI is InChI=1S/C17H17N3O3S/c21-13(15-6-3-9-24-15)10-12-4-1-7-20(12)11-16-18-19-17(23-16)14-5-2-8-22-14/h2-3,5-6,8-9,12H,1,4,7,10-11H2/t12-/m1/s1. The molecule has 4 heterocycles. The first kappa shape index (κ1) is 15.3. The van der Waals surface area contributed by atoms with Crippen molar-refractivity contribution in [3.63, 3.8) is 0 Å². The molecule has 6 nitrogen and oxygen atoms in total. The fourth-order valence-electron chi connectivity index (χ4n) is 3.08. The number of thiophene rings is 1. The van der Waals surface area contributed by atoms with Gasteiger partial charge in [0, 0.05) is 12.5 Å². The van der Waals surface area contributed by atoms with Gasteiger partial charge in [-0.2, -0.15) is 0 Å². The lowest BCUT2D eigenvalue weighted by Gasteiger charge is -2.21. The maximum absolute atomic E-state index is 12.3. The van der Waals surface area contributed by atoms with Crippen LogP contribution in [0.25, 0.3) is 11.7 Å². The van der Waals surface area contributed by atoms with Crippen LogP contribution in [0.4, 0.5) is 0 Å². The molecule has 7 heteroatoms. The van der Waals surface area contributed by atoms with Crippen molar-refractivity contribution < 1.29 is 13.6 Å². The predicted octanol–water partition coefficient (Wildman–Crippen LogP) is 3.63. The maximum Gasteiger partial charge on any atom is 0.283 e. The van der Waals surface area contributed by atoms with Crippen molar-refractivity contribution in [2.24, 2.45) is 0 Å². The molecule has 24 heavy (non-hydrogen) atoms. The molecule has 0 saturated carbocycles. The molecular formula is C17H17N3O3S. The lowest BCUT2D eigenvalue weighted by atomic mass is 10.1. The van der Waals surface area contributed by atoms with E-state index in [9.17, 15) is 4.79 Å². The third kappa shape index (κ3) is 3.18. The number of hydrogen-bond acceptors (Lipinski definition) is 7. The van der Waals surface area contributed by atoms with Crippen LogP contribution in [0, 0.1) is 0 Å². The molecule has 0 aliphatic carbocycles. The predicted molar refractivity (Wildman–Crippen MR) is 88.7 cm³/mol. The lowest BCUT2D eigenvalue weighted by molar-refractivity contribution is 0.0938. The van der Waals surface area contributed by atoms with Gasteiger partial charge in [-0.25, -0.2) is 0 Å². The van der Waals surface area contributed by atoms with Gasteiger partial charge in [0.25, 0.3) is 5.89 Å². The van der Waals surface area contributed by atoms with E-state index in [1.165, 1.54) is 11.3 Å². The Bertz CT molecular complexity index is 795. The highest BCUT2D eigenvalue weighted by atomic mass is 32.1.